The number of esters is 1. The average Bonchev–Trinajstić information content (AvgIpc) is 2.44. The molecule has 1 rings (SSSR count). The van der Waals surface area contributed by atoms with Crippen molar-refractivity contribution in [2.45, 2.75) is 13.8 Å². The molecule has 0 radical (unpaired) electrons. The Morgan fingerprint density at radius 3 is 2.57 bits per heavy atom. The largest absolute Gasteiger partial charge is 0.465 e. The molecule has 1 amide bonds. The summed E-state index contributed by atoms with van der Waals surface area (Å²) < 4.78 is 18.4. The summed E-state index contributed by atoms with van der Waals surface area (Å²) in [6.45, 7) is 3.18. The number of amides is 1. The van der Waals surface area contributed by atoms with Gasteiger partial charge in [0.2, 0.25) is 0 Å². The molecule has 0 aromatic heterocycles. The number of halogens is 1. The smallest absolute Gasteiger partial charge is 0.325 e. The fourth-order valence-electron chi connectivity index (χ4n) is 1.65. The second-order valence-corrected chi connectivity index (χ2v) is 4.05. The molecule has 0 atom stereocenters. The molecule has 8 heteroatoms. The molecular formula is C13H15FN2O5. The maximum atomic E-state index is 13.7. The standard InChI is InChI=1S/C13H15FN2O5/c1-3-15(8-12(17)21-4-2)13(18)10-7-9(16(19)20)5-6-11(10)14/h5-7H,3-4,8H2,1-2H3. The summed E-state index contributed by atoms with van der Waals surface area (Å²) in [7, 11) is 0. The quantitative estimate of drug-likeness (QED) is 0.453. The van der Waals surface area contributed by atoms with Crippen molar-refractivity contribution in [2.24, 2.45) is 0 Å². The summed E-state index contributed by atoms with van der Waals surface area (Å²) >= 11 is 0. The van der Waals surface area contributed by atoms with Crippen LogP contribution in [0.2, 0.25) is 0 Å². The van der Waals surface area contributed by atoms with Crippen LogP contribution in [0.5, 0.6) is 0 Å². The first-order chi connectivity index (χ1) is 9.90. The highest BCUT2D eigenvalue weighted by Crippen LogP contribution is 2.18. The van der Waals surface area contributed by atoms with Crippen molar-refractivity contribution in [3.63, 3.8) is 0 Å². The maximum Gasteiger partial charge on any atom is 0.325 e. The zero-order valence-electron chi connectivity index (χ0n) is 11.7. The van der Waals surface area contributed by atoms with Gasteiger partial charge < -0.3 is 9.64 Å². The van der Waals surface area contributed by atoms with Crippen LogP contribution >= 0.6 is 0 Å². The number of hydrogen-bond donors (Lipinski definition) is 0. The Kier molecular flexibility index (Phi) is 5.77. The lowest BCUT2D eigenvalue weighted by molar-refractivity contribution is -0.384. The van der Waals surface area contributed by atoms with Crippen LogP contribution in [0.3, 0.4) is 0 Å². The molecule has 1 aromatic rings. The number of rotatable bonds is 6. The van der Waals surface area contributed by atoms with Gasteiger partial charge in [-0.2, -0.15) is 0 Å². The van der Waals surface area contributed by atoms with Crippen molar-refractivity contribution in [3.05, 3.63) is 39.7 Å². The molecule has 0 unspecified atom stereocenters. The summed E-state index contributed by atoms with van der Waals surface area (Å²) in [4.78, 5) is 34.6. The Balaban J connectivity index is 3.02. The van der Waals surface area contributed by atoms with Gasteiger partial charge in [-0.25, -0.2) is 4.39 Å². The number of likely N-dealkylation sites (N-methyl/N-ethyl adjacent to an activating group) is 1. The van der Waals surface area contributed by atoms with E-state index in [4.69, 9.17) is 4.74 Å². The minimum atomic E-state index is -0.882. The molecule has 0 aliphatic carbocycles. The predicted molar refractivity (Wildman–Crippen MR) is 71.3 cm³/mol. The van der Waals surface area contributed by atoms with Gasteiger partial charge in [-0.15, -0.1) is 0 Å². The molecule has 21 heavy (non-hydrogen) atoms. The molecule has 0 fully saturated rings. The van der Waals surface area contributed by atoms with Gasteiger partial charge in [-0.3, -0.25) is 19.7 Å². The highest BCUT2D eigenvalue weighted by molar-refractivity contribution is 5.96. The van der Waals surface area contributed by atoms with E-state index in [9.17, 15) is 24.1 Å². The predicted octanol–water partition coefficient (Wildman–Crippen LogP) is 1.76. The second kappa shape index (κ2) is 7.32. The minimum absolute atomic E-state index is 0.139. The lowest BCUT2D eigenvalue weighted by Crippen LogP contribution is -2.36. The zero-order chi connectivity index (χ0) is 16.0. The highest BCUT2D eigenvalue weighted by Gasteiger charge is 2.23. The van der Waals surface area contributed by atoms with E-state index in [1.165, 1.54) is 0 Å². The molecule has 114 valence electrons. The molecule has 1 aromatic carbocycles. The normalized spacial score (nSPS) is 10.0. The van der Waals surface area contributed by atoms with E-state index in [1.807, 2.05) is 0 Å². The van der Waals surface area contributed by atoms with E-state index < -0.39 is 33.9 Å². The molecule has 0 saturated carbocycles. The molecule has 0 spiro atoms. The van der Waals surface area contributed by atoms with E-state index in [-0.39, 0.29) is 19.7 Å². The number of benzene rings is 1. The van der Waals surface area contributed by atoms with Gasteiger partial charge in [-0.1, -0.05) is 0 Å². The van der Waals surface area contributed by atoms with Crippen molar-refractivity contribution in [1.29, 1.82) is 0 Å². The number of ether oxygens (including phenoxy) is 1. The fraction of sp³-hybridized carbons (Fsp3) is 0.385. The van der Waals surface area contributed by atoms with Gasteiger partial charge in [-0.05, 0) is 19.9 Å². The first-order valence-electron chi connectivity index (χ1n) is 6.29. The van der Waals surface area contributed by atoms with Crippen molar-refractivity contribution in [2.75, 3.05) is 19.7 Å². The third-order valence-corrected chi connectivity index (χ3v) is 2.69. The molecule has 0 aliphatic rings. The van der Waals surface area contributed by atoms with Crippen LogP contribution in [0.25, 0.3) is 0 Å². The van der Waals surface area contributed by atoms with Gasteiger partial charge in [0, 0.05) is 18.7 Å². The van der Waals surface area contributed by atoms with Gasteiger partial charge in [0.15, 0.2) is 0 Å². The highest BCUT2D eigenvalue weighted by atomic mass is 19.1. The SMILES string of the molecule is CCOC(=O)CN(CC)C(=O)c1cc([N+](=O)[O-])ccc1F. The van der Waals surface area contributed by atoms with Crippen molar-refractivity contribution < 1.29 is 23.6 Å². The van der Waals surface area contributed by atoms with Crippen LogP contribution in [0.4, 0.5) is 10.1 Å². The summed E-state index contributed by atoms with van der Waals surface area (Å²) in [6.07, 6.45) is 0. The number of nitro benzene ring substituents is 1. The lowest BCUT2D eigenvalue weighted by atomic mass is 10.1. The Morgan fingerprint density at radius 2 is 2.05 bits per heavy atom. The monoisotopic (exact) mass is 298 g/mol. The molecule has 0 bridgehead atoms. The maximum absolute atomic E-state index is 13.7. The van der Waals surface area contributed by atoms with E-state index in [2.05, 4.69) is 0 Å². The van der Waals surface area contributed by atoms with Gasteiger partial charge in [0.25, 0.3) is 11.6 Å². The van der Waals surface area contributed by atoms with Gasteiger partial charge >= 0.3 is 5.97 Å². The average molecular weight is 298 g/mol. The third kappa shape index (κ3) is 4.23. The first kappa shape index (κ1) is 16.5. The Labute approximate surface area is 120 Å². The first-order valence-corrected chi connectivity index (χ1v) is 6.29. The third-order valence-electron chi connectivity index (χ3n) is 2.69. The van der Waals surface area contributed by atoms with E-state index in [0.717, 1.165) is 23.1 Å². The van der Waals surface area contributed by atoms with Gasteiger partial charge in [0.1, 0.15) is 12.4 Å². The Bertz CT molecular complexity index is 561. The van der Waals surface area contributed by atoms with E-state index in [0.29, 0.717) is 0 Å². The van der Waals surface area contributed by atoms with Crippen LogP contribution in [0, 0.1) is 15.9 Å². The van der Waals surface area contributed by atoms with Crippen molar-refractivity contribution in [3.8, 4) is 0 Å². The van der Waals surface area contributed by atoms with E-state index in [1.54, 1.807) is 13.8 Å². The summed E-state index contributed by atoms with van der Waals surface area (Å²) in [5.41, 5.74) is -0.845. The number of nitrogens with zero attached hydrogens (tertiary/aromatic N) is 2. The number of non-ortho nitro benzene ring substituents is 1. The fourth-order valence-corrected chi connectivity index (χ4v) is 1.65. The number of nitro groups is 1. The summed E-state index contributed by atoms with van der Waals surface area (Å²) in [5.74, 6) is -2.31. The number of carbonyl (C=O) groups excluding carboxylic acids is 2. The van der Waals surface area contributed by atoms with Gasteiger partial charge in [0.05, 0.1) is 17.1 Å². The number of carbonyl (C=O) groups is 2. The Morgan fingerprint density at radius 1 is 1.38 bits per heavy atom. The number of hydrogen-bond acceptors (Lipinski definition) is 5. The molecular weight excluding hydrogens is 283 g/mol. The Hall–Kier alpha value is -2.51. The summed E-state index contributed by atoms with van der Waals surface area (Å²) in [5, 5.41) is 10.7. The molecule has 0 N–H and O–H groups in total. The van der Waals surface area contributed by atoms with Crippen molar-refractivity contribution in [1.82, 2.24) is 4.90 Å². The second-order valence-electron chi connectivity index (χ2n) is 4.05. The molecule has 0 aliphatic heterocycles. The molecule has 7 nitrogen and oxygen atoms in total. The summed E-state index contributed by atoms with van der Waals surface area (Å²) in [6, 6.07) is 2.67. The van der Waals surface area contributed by atoms with Crippen LogP contribution in [0.1, 0.15) is 24.2 Å². The molecule has 0 heterocycles. The zero-order valence-corrected chi connectivity index (χ0v) is 11.7. The van der Waals surface area contributed by atoms with Crippen LogP contribution < -0.4 is 0 Å². The topological polar surface area (TPSA) is 89.8 Å². The molecule has 0 saturated heterocycles. The lowest BCUT2D eigenvalue weighted by Gasteiger charge is -2.19. The minimum Gasteiger partial charge on any atom is -0.465 e. The van der Waals surface area contributed by atoms with Crippen LogP contribution in [0.15, 0.2) is 18.2 Å². The van der Waals surface area contributed by atoms with Crippen molar-refractivity contribution >= 4 is 17.6 Å². The van der Waals surface area contributed by atoms with Crippen LogP contribution in [-0.4, -0.2) is 41.4 Å². The van der Waals surface area contributed by atoms with Crippen LogP contribution in [-0.2, 0) is 9.53 Å². The van der Waals surface area contributed by atoms with E-state index >= 15 is 0 Å².